The zero-order chi connectivity index (χ0) is 22.7. The lowest BCUT2D eigenvalue weighted by Crippen LogP contribution is -2.71. The lowest BCUT2D eigenvalue weighted by Gasteiger charge is -2.55. The fourth-order valence-electron chi connectivity index (χ4n) is 4.90. The third-order valence-electron chi connectivity index (χ3n) is 6.47. The Balaban J connectivity index is 1.44. The Morgan fingerprint density at radius 2 is 1.69 bits per heavy atom. The van der Waals surface area contributed by atoms with Crippen LogP contribution in [0.5, 0.6) is 5.75 Å². The molecule has 0 radical (unpaired) electrons. The molecule has 0 saturated carbocycles. The van der Waals surface area contributed by atoms with Gasteiger partial charge >= 0.3 is 6.03 Å². The van der Waals surface area contributed by atoms with Crippen molar-refractivity contribution < 1.29 is 14.3 Å². The fourth-order valence-corrected chi connectivity index (χ4v) is 4.90. The van der Waals surface area contributed by atoms with E-state index < -0.39 is 0 Å². The van der Waals surface area contributed by atoms with Gasteiger partial charge in [0.25, 0.3) is 5.91 Å². The molecule has 170 valence electrons. The van der Waals surface area contributed by atoms with Crippen LogP contribution in [0.15, 0.2) is 54.6 Å². The highest BCUT2D eigenvalue weighted by Gasteiger charge is 2.44. The minimum absolute atomic E-state index is 0.0226. The monoisotopic (exact) mass is 436 g/mol. The number of amides is 3. The van der Waals surface area contributed by atoms with Crippen molar-refractivity contribution in [3.05, 3.63) is 65.7 Å². The standard InChI is InChI=1S/C25H32N4O3/c1-25(2)18-28(24(31)26-15-19-9-5-4-6-10-19)17-20-16-27(13-14-29(20)25)23(30)21-11-7-8-12-22(21)32-3/h4-12,20H,13-18H2,1-3H3,(H,26,31). The summed E-state index contributed by atoms with van der Waals surface area (Å²) in [5.41, 5.74) is 1.49. The first kappa shape index (κ1) is 22.1. The number of rotatable bonds is 4. The molecule has 2 aromatic rings. The van der Waals surface area contributed by atoms with E-state index in [9.17, 15) is 9.59 Å². The van der Waals surface area contributed by atoms with Crippen molar-refractivity contribution in [3.63, 3.8) is 0 Å². The number of carbonyl (C=O) groups excluding carboxylic acids is 2. The topological polar surface area (TPSA) is 65.1 Å². The predicted molar refractivity (Wildman–Crippen MR) is 124 cm³/mol. The van der Waals surface area contributed by atoms with Crippen molar-refractivity contribution in [3.8, 4) is 5.75 Å². The normalized spacial score (nSPS) is 20.4. The first-order valence-electron chi connectivity index (χ1n) is 11.1. The average molecular weight is 437 g/mol. The van der Waals surface area contributed by atoms with Gasteiger partial charge < -0.3 is 19.9 Å². The first-order valence-corrected chi connectivity index (χ1v) is 11.1. The molecular formula is C25H32N4O3. The number of hydrogen-bond acceptors (Lipinski definition) is 4. The van der Waals surface area contributed by atoms with Gasteiger partial charge in [0.2, 0.25) is 0 Å². The van der Waals surface area contributed by atoms with Crippen molar-refractivity contribution in [2.75, 3.05) is 39.8 Å². The molecule has 0 spiro atoms. The predicted octanol–water partition coefficient (Wildman–Crippen LogP) is 2.83. The molecule has 1 atom stereocenters. The third kappa shape index (κ3) is 4.58. The highest BCUT2D eigenvalue weighted by Crippen LogP contribution is 2.29. The van der Waals surface area contributed by atoms with Gasteiger partial charge in [-0.15, -0.1) is 0 Å². The van der Waals surface area contributed by atoms with Gasteiger partial charge in [-0.25, -0.2) is 4.79 Å². The minimum atomic E-state index is -0.160. The SMILES string of the molecule is COc1ccccc1C(=O)N1CCN2C(CN(C(=O)NCc3ccccc3)CC2(C)C)C1. The Morgan fingerprint density at radius 1 is 1.00 bits per heavy atom. The van der Waals surface area contributed by atoms with Crippen molar-refractivity contribution in [1.29, 1.82) is 0 Å². The van der Waals surface area contributed by atoms with Crippen LogP contribution in [0.3, 0.4) is 0 Å². The Hall–Kier alpha value is -3.06. The van der Waals surface area contributed by atoms with Crippen LogP contribution in [-0.4, -0.2) is 78.1 Å². The zero-order valence-corrected chi connectivity index (χ0v) is 19.1. The molecule has 1 N–H and O–H groups in total. The Labute approximate surface area is 189 Å². The molecule has 7 heteroatoms. The van der Waals surface area contributed by atoms with E-state index in [1.54, 1.807) is 7.11 Å². The van der Waals surface area contributed by atoms with Gasteiger partial charge in [0.05, 0.1) is 12.7 Å². The third-order valence-corrected chi connectivity index (χ3v) is 6.47. The summed E-state index contributed by atoms with van der Waals surface area (Å²) >= 11 is 0. The van der Waals surface area contributed by atoms with Crippen molar-refractivity contribution in [2.24, 2.45) is 0 Å². The number of urea groups is 1. The van der Waals surface area contributed by atoms with Crippen LogP contribution in [0.25, 0.3) is 0 Å². The molecule has 4 rings (SSSR count). The molecule has 1 unspecified atom stereocenters. The summed E-state index contributed by atoms with van der Waals surface area (Å²) in [5.74, 6) is 0.566. The van der Waals surface area contributed by atoms with Gasteiger partial charge in [-0.1, -0.05) is 42.5 Å². The summed E-state index contributed by atoms with van der Waals surface area (Å²) in [5, 5.41) is 3.05. The summed E-state index contributed by atoms with van der Waals surface area (Å²) in [7, 11) is 1.58. The molecule has 7 nitrogen and oxygen atoms in total. The smallest absolute Gasteiger partial charge is 0.317 e. The van der Waals surface area contributed by atoms with Crippen LogP contribution in [0.2, 0.25) is 0 Å². The molecule has 0 aromatic heterocycles. The van der Waals surface area contributed by atoms with Gasteiger partial charge in [0.1, 0.15) is 5.75 Å². The molecule has 2 aromatic carbocycles. The number of hydrogen-bond donors (Lipinski definition) is 1. The fraction of sp³-hybridized carbons (Fsp3) is 0.440. The first-order chi connectivity index (χ1) is 15.4. The Morgan fingerprint density at radius 3 is 2.44 bits per heavy atom. The second kappa shape index (κ2) is 9.20. The quantitative estimate of drug-likeness (QED) is 0.801. The summed E-state index contributed by atoms with van der Waals surface area (Å²) in [6, 6.07) is 17.3. The molecule has 2 saturated heterocycles. The maximum absolute atomic E-state index is 13.2. The number of benzene rings is 2. The van der Waals surface area contributed by atoms with E-state index in [0.717, 1.165) is 12.1 Å². The highest BCUT2D eigenvalue weighted by atomic mass is 16.5. The molecular weight excluding hydrogens is 404 g/mol. The number of ether oxygens (including phenoxy) is 1. The maximum Gasteiger partial charge on any atom is 0.317 e. The van der Waals surface area contributed by atoms with Crippen molar-refractivity contribution in [1.82, 2.24) is 20.0 Å². The van der Waals surface area contributed by atoms with Crippen LogP contribution < -0.4 is 10.1 Å². The van der Waals surface area contributed by atoms with E-state index in [4.69, 9.17) is 4.74 Å². The van der Waals surface area contributed by atoms with Crippen LogP contribution in [-0.2, 0) is 6.54 Å². The van der Waals surface area contributed by atoms with E-state index >= 15 is 0 Å². The van der Waals surface area contributed by atoms with Gasteiger partial charge in [-0.05, 0) is 31.5 Å². The van der Waals surface area contributed by atoms with Gasteiger partial charge in [-0.3, -0.25) is 9.69 Å². The molecule has 2 aliphatic rings. The Bertz CT molecular complexity index is 963. The molecule has 2 fully saturated rings. The highest BCUT2D eigenvalue weighted by molar-refractivity contribution is 5.97. The summed E-state index contributed by atoms with van der Waals surface area (Å²) in [4.78, 5) is 32.4. The summed E-state index contributed by atoms with van der Waals surface area (Å²) < 4.78 is 5.39. The number of para-hydroxylation sites is 1. The molecule has 0 aliphatic carbocycles. The number of methoxy groups -OCH3 is 1. The van der Waals surface area contributed by atoms with Gasteiger partial charge in [0.15, 0.2) is 0 Å². The number of fused-ring (bicyclic) bond motifs is 1. The molecule has 2 heterocycles. The second-order valence-corrected chi connectivity index (χ2v) is 9.14. The van der Waals surface area contributed by atoms with Crippen LogP contribution in [0.1, 0.15) is 29.8 Å². The molecule has 0 bridgehead atoms. The number of carbonyl (C=O) groups is 2. The summed E-state index contributed by atoms with van der Waals surface area (Å²) in [6.45, 7) is 8.15. The van der Waals surface area contributed by atoms with E-state index in [-0.39, 0.29) is 23.5 Å². The van der Waals surface area contributed by atoms with Crippen LogP contribution in [0, 0.1) is 0 Å². The van der Waals surface area contributed by atoms with Gasteiger partial charge in [-0.2, -0.15) is 0 Å². The van der Waals surface area contributed by atoms with E-state index in [2.05, 4.69) is 24.1 Å². The molecule has 2 aliphatic heterocycles. The maximum atomic E-state index is 13.2. The largest absolute Gasteiger partial charge is 0.496 e. The molecule has 32 heavy (non-hydrogen) atoms. The number of nitrogens with zero attached hydrogens (tertiary/aromatic N) is 3. The minimum Gasteiger partial charge on any atom is -0.496 e. The average Bonchev–Trinajstić information content (AvgIpc) is 2.81. The number of nitrogens with one attached hydrogen (secondary N) is 1. The Kier molecular flexibility index (Phi) is 6.37. The number of piperazine rings is 2. The lowest BCUT2D eigenvalue weighted by molar-refractivity contribution is -0.0467. The van der Waals surface area contributed by atoms with Crippen LogP contribution in [0.4, 0.5) is 4.79 Å². The van der Waals surface area contributed by atoms with Crippen molar-refractivity contribution >= 4 is 11.9 Å². The molecule has 3 amide bonds. The lowest BCUT2D eigenvalue weighted by atomic mass is 9.92. The van der Waals surface area contributed by atoms with Crippen molar-refractivity contribution in [2.45, 2.75) is 32.0 Å². The van der Waals surface area contributed by atoms with E-state index in [0.29, 0.717) is 44.0 Å². The summed E-state index contributed by atoms with van der Waals surface area (Å²) in [6.07, 6.45) is 0. The van der Waals surface area contributed by atoms with Crippen LogP contribution >= 0.6 is 0 Å². The zero-order valence-electron chi connectivity index (χ0n) is 19.1. The van der Waals surface area contributed by atoms with E-state index in [1.807, 2.05) is 64.4 Å². The second-order valence-electron chi connectivity index (χ2n) is 9.14. The van der Waals surface area contributed by atoms with E-state index in [1.165, 1.54) is 0 Å². The van der Waals surface area contributed by atoms with Gasteiger partial charge in [0, 0.05) is 50.8 Å².